The minimum atomic E-state index is -0.558. The number of carbonyl (C=O) groups is 3. The average molecular weight is 362 g/mol. The number of halogens is 2. The molecule has 9 heteroatoms. The summed E-state index contributed by atoms with van der Waals surface area (Å²) in [5, 5.41) is 7.89. The molecule has 0 heterocycles. The molecular formula is C14H19Cl2N4O3+. The van der Waals surface area contributed by atoms with Crippen molar-refractivity contribution in [3.05, 3.63) is 28.2 Å². The van der Waals surface area contributed by atoms with Gasteiger partial charge in [-0.2, -0.15) is 0 Å². The maximum atomic E-state index is 12.0. The minimum Gasteiger partial charge on any atom is -0.338 e. The monoisotopic (exact) mass is 361 g/mol. The number of imide groups is 1. The lowest BCUT2D eigenvalue weighted by Gasteiger charge is -2.14. The summed E-state index contributed by atoms with van der Waals surface area (Å²) in [6, 6.07) is 4.33. The molecule has 23 heavy (non-hydrogen) atoms. The molecule has 4 N–H and O–H groups in total. The van der Waals surface area contributed by atoms with Crippen molar-refractivity contribution in [1.82, 2.24) is 10.6 Å². The van der Waals surface area contributed by atoms with Crippen molar-refractivity contribution in [3.8, 4) is 0 Å². The molecule has 0 fully saturated rings. The Morgan fingerprint density at radius 1 is 1.09 bits per heavy atom. The fourth-order valence-corrected chi connectivity index (χ4v) is 2.28. The second kappa shape index (κ2) is 9.34. The predicted molar refractivity (Wildman–Crippen MR) is 88.9 cm³/mol. The Bertz CT molecular complexity index is 575. The molecule has 1 aromatic carbocycles. The van der Waals surface area contributed by atoms with Crippen LogP contribution in [0.2, 0.25) is 10.0 Å². The fourth-order valence-electron chi connectivity index (χ4n) is 1.79. The molecule has 7 nitrogen and oxygen atoms in total. The van der Waals surface area contributed by atoms with E-state index in [9.17, 15) is 14.4 Å². The molecule has 0 saturated heterocycles. The molecule has 4 amide bonds. The Balaban J connectivity index is 2.48. The number of nitrogens with one attached hydrogen (secondary N) is 4. The van der Waals surface area contributed by atoms with E-state index in [-0.39, 0.29) is 19.0 Å². The van der Waals surface area contributed by atoms with Crippen LogP contribution in [-0.4, -0.2) is 44.5 Å². The highest BCUT2D eigenvalue weighted by molar-refractivity contribution is 6.39. The number of hydrogen-bond donors (Lipinski definition) is 4. The molecule has 1 atom stereocenters. The van der Waals surface area contributed by atoms with Crippen molar-refractivity contribution in [2.75, 3.05) is 32.0 Å². The minimum absolute atomic E-state index is 0.0182. The van der Waals surface area contributed by atoms with Gasteiger partial charge in [-0.1, -0.05) is 29.3 Å². The maximum absolute atomic E-state index is 12.0. The fraction of sp³-hybridized carbons (Fsp3) is 0.357. The summed E-state index contributed by atoms with van der Waals surface area (Å²) in [6.45, 7) is 2.15. The summed E-state index contributed by atoms with van der Waals surface area (Å²) < 4.78 is 0. The molecular weight excluding hydrogens is 343 g/mol. The largest absolute Gasteiger partial charge is 0.338 e. The third-order valence-corrected chi connectivity index (χ3v) is 3.37. The van der Waals surface area contributed by atoms with Gasteiger partial charge in [0.05, 0.1) is 22.8 Å². The summed E-state index contributed by atoms with van der Waals surface area (Å²) >= 11 is 11.9. The van der Waals surface area contributed by atoms with E-state index in [0.29, 0.717) is 27.2 Å². The van der Waals surface area contributed by atoms with E-state index >= 15 is 0 Å². The molecule has 1 aromatic rings. The summed E-state index contributed by atoms with van der Waals surface area (Å²) in [5.74, 6) is -0.819. The third-order valence-electron chi connectivity index (χ3n) is 2.74. The summed E-state index contributed by atoms with van der Waals surface area (Å²) in [7, 11) is 1.66. The van der Waals surface area contributed by atoms with E-state index in [1.807, 2.05) is 0 Å². The first-order valence-corrected chi connectivity index (χ1v) is 7.72. The summed E-state index contributed by atoms with van der Waals surface area (Å²) in [5.41, 5.74) is 0.334. The van der Waals surface area contributed by atoms with Gasteiger partial charge in [-0.15, -0.1) is 0 Å². The first-order valence-electron chi connectivity index (χ1n) is 6.96. The zero-order chi connectivity index (χ0) is 17.4. The molecule has 126 valence electrons. The topological polar surface area (TPSA) is 91.7 Å². The van der Waals surface area contributed by atoms with Crippen LogP contribution in [0.15, 0.2) is 18.2 Å². The van der Waals surface area contributed by atoms with Crippen molar-refractivity contribution in [2.45, 2.75) is 6.92 Å². The molecule has 0 bridgehead atoms. The highest BCUT2D eigenvalue weighted by Crippen LogP contribution is 2.29. The number of anilines is 1. The molecule has 0 aliphatic heterocycles. The van der Waals surface area contributed by atoms with E-state index in [1.54, 1.807) is 32.2 Å². The van der Waals surface area contributed by atoms with Crippen LogP contribution in [0.25, 0.3) is 0 Å². The van der Waals surface area contributed by atoms with Gasteiger partial charge < -0.3 is 15.5 Å². The van der Waals surface area contributed by atoms with Gasteiger partial charge in [0, 0.05) is 6.54 Å². The van der Waals surface area contributed by atoms with Gasteiger partial charge in [0.15, 0.2) is 13.1 Å². The van der Waals surface area contributed by atoms with Crippen LogP contribution in [0.3, 0.4) is 0 Å². The molecule has 0 aromatic heterocycles. The van der Waals surface area contributed by atoms with Gasteiger partial charge in [-0.05, 0) is 19.1 Å². The smallest absolute Gasteiger partial charge is 0.321 e. The zero-order valence-electron chi connectivity index (χ0n) is 12.8. The Hall–Kier alpha value is -1.83. The van der Waals surface area contributed by atoms with Gasteiger partial charge in [-0.3, -0.25) is 14.9 Å². The van der Waals surface area contributed by atoms with Crippen molar-refractivity contribution in [3.63, 3.8) is 0 Å². The SMILES string of the molecule is CCNC(=O)NC(=O)C[NH+](C)CC(=O)Nc1c(Cl)cccc1Cl. The second-order valence-electron chi connectivity index (χ2n) is 4.86. The van der Waals surface area contributed by atoms with Crippen LogP contribution in [-0.2, 0) is 9.59 Å². The number of carbonyl (C=O) groups excluding carboxylic acids is 3. The van der Waals surface area contributed by atoms with Gasteiger partial charge in [0.2, 0.25) is 0 Å². The second-order valence-corrected chi connectivity index (χ2v) is 5.68. The van der Waals surface area contributed by atoms with E-state index in [0.717, 1.165) is 0 Å². The van der Waals surface area contributed by atoms with Crippen LogP contribution in [0.1, 0.15) is 6.92 Å². The van der Waals surface area contributed by atoms with E-state index in [4.69, 9.17) is 23.2 Å². The lowest BCUT2D eigenvalue weighted by atomic mass is 10.3. The highest BCUT2D eigenvalue weighted by Gasteiger charge is 2.17. The van der Waals surface area contributed by atoms with Crippen molar-refractivity contribution in [1.29, 1.82) is 0 Å². The van der Waals surface area contributed by atoms with E-state index < -0.39 is 11.9 Å². The lowest BCUT2D eigenvalue weighted by Crippen LogP contribution is -3.11. The van der Waals surface area contributed by atoms with Gasteiger partial charge >= 0.3 is 6.03 Å². The normalized spacial score (nSPS) is 11.5. The molecule has 0 spiro atoms. The van der Waals surface area contributed by atoms with Crippen LogP contribution in [0.5, 0.6) is 0 Å². The molecule has 0 aliphatic rings. The lowest BCUT2D eigenvalue weighted by molar-refractivity contribution is -0.862. The highest BCUT2D eigenvalue weighted by atomic mass is 35.5. The van der Waals surface area contributed by atoms with E-state index in [1.165, 1.54) is 0 Å². The number of quaternary nitrogens is 1. The standard InChI is InChI=1S/C14H18Cl2N4O3/c1-3-17-14(23)19-12(22)8-20(2)7-11(21)18-13-9(15)5-4-6-10(13)16/h4-6H,3,7-8H2,1-2H3,(H,18,21)(H2,17,19,22,23)/p+1. The number of hydrogen-bond acceptors (Lipinski definition) is 3. The van der Waals surface area contributed by atoms with Crippen molar-refractivity contribution < 1.29 is 19.3 Å². The first kappa shape index (κ1) is 19.2. The number of amides is 4. The molecule has 0 saturated carbocycles. The van der Waals surface area contributed by atoms with Gasteiger partial charge in [0.25, 0.3) is 11.8 Å². The number of urea groups is 1. The molecule has 1 unspecified atom stereocenters. The Labute approximate surface area is 144 Å². The first-order chi connectivity index (χ1) is 10.8. The maximum Gasteiger partial charge on any atom is 0.321 e. The number of para-hydroxylation sites is 1. The van der Waals surface area contributed by atoms with Crippen molar-refractivity contribution in [2.24, 2.45) is 0 Å². The number of benzene rings is 1. The zero-order valence-corrected chi connectivity index (χ0v) is 14.3. The van der Waals surface area contributed by atoms with Crippen molar-refractivity contribution >= 4 is 46.7 Å². The average Bonchev–Trinajstić information content (AvgIpc) is 2.42. The van der Waals surface area contributed by atoms with Crippen LogP contribution >= 0.6 is 23.2 Å². The molecule has 0 aliphatic carbocycles. The summed E-state index contributed by atoms with van der Waals surface area (Å²) in [6.07, 6.45) is 0. The van der Waals surface area contributed by atoms with Gasteiger partial charge in [-0.25, -0.2) is 4.79 Å². The van der Waals surface area contributed by atoms with Crippen LogP contribution in [0.4, 0.5) is 10.5 Å². The molecule has 1 rings (SSSR count). The van der Waals surface area contributed by atoms with Gasteiger partial charge in [0.1, 0.15) is 0 Å². The Morgan fingerprint density at radius 3 is 2.22 bits per heavy atom. The Kier molecular flexibility index (Phi) is 7.80. The number of likely N-dealkylation sites (N-methyl/N-ethyl adjacent to an activating group) is 1. The third kappa shape index (κ3) is 6.85. The predicted octanol–water partition coefficient (Wildman–Crippen LogP) is 0.292. The van der Waals surface area contributed by atoms with Crippen LogP contribution in [0, 0.1) is 0 Å². The van der Waals surface area contributed by atoms with E-state index in [2.05, 4.69) is 16.0 Å². The Morgan fingerprint density at radius 2 is 1.65 bits per heavy atom. The summed E-state index contributed by atoms with van der Waals surface area (Å²) in [4.78, 5) is 35.4. The van der Waals surface area contributed by atoms with Crippen LogP contribution < -0.4 is 20.9 Å². The quantitative estimate of drug-likeness (QED) is 0.586. The number of rotatable bonds is 6. The molecule has 0 radical (unpaired) electrons.